The van der Waals surface area contributed by atoms with Crippen molar-refractivity contribution in [2.24, 2.45) is 0 Å². The van der Waals surface area contributed by atoms with Crippen LogP contribution in [0, 0.1) is 13.8 Å². The molecule has 5 heterocycles. The number of aromatic carboxylic acids is 1. The summed E-state index contributed by atoms with van der Waals surface area (Å²) < 4.78 is 0. The fourth-order valence-electron chi connectivity index (χ4n) is 6.00. The van der Waals surface area contributed by atoms with Crippen LogP contribution in [0.3, 0.4) is 0 Å². The molecule has 2 aliphatic rings. The third-order valence-electron chi connectivity index (χ3n) is 8.27. The van der Waals surface area contributed by atoms with Gasteiger partial charge in [-0.15, -0.1) is 22.1 Å². The summed E-state index contributed by atoms with van der Waals surface area (Å²) in [5, 5.41) is 20.3. The van der Waals surface area contributed by atoms with Crippen molar-refractivity contribution in [3.63, 3.8) is 0 Å². The minimum Gasteiger partial charge on any atom is -0.657 e. The Bertz CT molecular complexity index is 1920. The zero-order valence-electron chi connectivity index (χ0n) is 25.1. The molecule has 2 aliphatic heterocycles. The Morgan fingerprint density at radius 2 is 1.47 bits per heavy atom. The van der Waals surface area contributed by atoms with Crippen LogP contribution in [0.4, 0.5) is 0 Å². The molecule has 0 spiro atoms. The molecule has 0 aliphatic carbocycles. The summed E-state index contributed by atoms with van der Waals surface area (Å²) in [5.41, 5.74) is 11.1. The minimum absolute atomic E-state index is 0. The van der Waals surface area contributed by atoms with Crippen LogP contribution in [0.5, 0.6) is 0 Å². The predicted octanol–water partition coefficient (Wildman–Crippen LogP) is 7.23. The van der Waals surface area contributed by atoms with E-state index in [4.69, 9.17) is 19.9 Å². The van der Waals surface area contributed by atoms with Gasteiger partial charge in [0.25, 0.3) is 0 Å². The van der Waals surface area contributed by atoms with Gasteiger partial charge in [0.2, 0.25) is 0 Å². The molecule has 9 heteroatoms. The molecule has 5 rings (SSSR count). The summed E-state index contributed by atoms with van der Waals surface area (Å²) >= 11 is 0. The summed E-state index contributed by atoms with van der Waals surface area (Å²) in [5.74, 6) is -2.26. The Morgan fingerprint density at radius 3 is 2.07 bits per heavy atom. The van der Waals surface area contributed by atoms with E-state index in [1.165, 1.54) is 0 Å². The fourth-order valence-corrected chi connectivity index (χ4v) is 6.00. The summed E-state index contributed by atoms with van der Waals surface area (Å²) in [7, 11) is 0. The first-order chi connectivity index (χ1) is 20.0. The standard InChI is InChI=1S/C34H36N4O4.Cu/c1-8-11-22-18(6)26-13-24-16(4)20(9-2)28(35-24)14-25-17(5)21(10-3)29(36-25)15-27-19(7)31(34(41)42)33(38-27)23(12-30(39)40)32(22)37-26;/h9,13-15H,2,8,10-12H2,1,3-7H3,(H4,35,36,37,38,39,40,41,42);/q;+2/p-2. The van der Waals surface area contributed by atoms with Crippen LogP contribution in [0.15, 0.2) is 24.8 Å². The molecule has 43 heavy (non-hydrogen) atoms. The minimum atomic E-state index is -1.17. The number of rotatable bonds is 7. The van der Waals surface area contributed by atoms with Crippen molar-refractivity contribution in [1.82, 2.24) is 19.9 Å². The predicted molar refractivity (Wildman–Crippen MR) is 167 cm³/mol. The number of allylic oxidation sites excluding steroid dienone is 4. The summed E-state index contributed by atoms with van der Waals surface area (Å²) in [6, 6.07) is 5.69. The Kier molecular flexibility index (Phi) is 9.00. The molecule has 0 fully saturated rings. The second-order valence-electron chi connectivity index (χ2n) is 10.8. The van der Waals surface area contributed by atoms with E-state index < -0.39 is 18.4 Å². The number of hydrogen-bond donors (Lipinski definition) is 2. The van der Waals surface area contributed by atoms with Crippen LogP contribution >= 0.6 is 0 Å². The molecule has 2 N–H and O–H groups in total. The molecule has 0 unspecified atom stereocenters. The number of aromatic nitrogens is 4. The fraction of sp³-hybridized carbons (Fsp3) is 0.294. The molecule has 0 saturated carbocycles. The van der Waals surface area contributed by atoms with Gasteiger partial charge in [0.1, 0.15) is 0 Å². The number of fused-ring (bicyclic) bond motifs is 8. The topological polar surface area (TPSA) is 129 Å². The molecule has 3 aromatic heterocycles. The van der Waals surface area contributed by atoms with E-state index in [0.717, 1.165) is 56.6 Å². The van der Waals surface area contributed by atoms with Crippen LogP contribution < -0.4 is 9.97 Å². The van der Waals surface area contributed by atoms with Gasteiger partial charge in [-0.1, -0.05) is 62.2 Å². The van der Waals surface area contributed by atoms with E-state index in [2.05, 4.69) is 13.5 Å². The molecule has 8 bridgehead atoms. The number of aliphatic carboxylic acids is 1. The van der Waals surface area contributed by atoms with Gasteiger partial charge in [-0.25, -0.2) is 14.8 Å². The van der Waals surface area contributed by atoms with Crippen molar-refractivity contribution in [1.29, 1.82) is 0 Å². The van der Waals surface area contributed by atoms with Crippen molar-refractivity contribution in [2.75, 3.05) is 0 Å². The SMILES string of the molecule is C=Cc1c(C)c2cc3nc(c(CC(=O)O)c4[n-]c(cc5nc(cc1[n-]2)C(C)=C5CC)c(C)c4C(=O)O)C(CCC)=C3C.[Cu+2]. The molecule has 3 aromatic rings. The van der Waals surface area contributed by atoms with E-state index in [0.29, 0.717) is 41.0 Å². The maximum Gasteiger partial charge on any atom is 2.00 e. The molecular formula is C34H34CuN4O4. The van der Waals surface area contributed by atoms with Crippen LogP contribution in [0.2, 0.25) is 0 Å². The van der Waals surface area contributed by atoms with Crippen molar-refractivity contribution in [3.8, 4) is 0 Å². The monoisotopic (exact) mass is 625 g/mol. The van der Waals surface area contributed by atoms with Gasteiger partial charge in [-0.05, 0) is 74.0 Å². The van der Waals surface area contributed by atoms with Gasteiger partial charge in [-0.2, -0.15) is 0 Å². The molecule has 225 valence electrons. The van der Waals surface area contributed by atoms with Crippen molar-refractivity contribution >= 4 is 62.4 Å². The van der Waals surface area contributed by atoms with E-state index >= 15 is 0 Å². The van der Waals surface area contributed by atoms with Gasteiger partial charge < -0.3 is 20.2 Å². The maximum atomic E-state index is 12.6. The van der Waals surface area contributed by atoms with E-state index in [1.54, 1.807) is 19.1 Å². The van der Waals surface area contributed by atoms with Gasteiger partial charge in [0.05, 0.1) is 29.2 Å². The molecule has 0 aromatic carbocycles. The van der Waals surface area contributed by atoms with E-state index in [-0.39, 0.29) is 33.7 Å². The molecule has 0 saturated heterocycles. The average Bonchev–Trinajstić information content (AvgIpc) is 3.61. The first-order valence-electron chi connectivity index (χ1n) is 14.2. The first kappa shape index (κ1) is 31.7. The average molecular weight is 626 g/mol. The van der Waals surface area contributed by atoms with E-state index in [1.807, 2.05) is 39.8 Å². The van der Waals surface area contributed by atoms with Crippen LogP contribution in [-0.2, 0) is 28.3 Å². The second kappa shape index (κ2) is 12.2. The summed E-state index contributed by atoms with van der Waals surface area (Å²) in [6.45, 7) is 15.8. The number of carboxylic acids is 2. The quantitative estimate of drug-likeness (QED) is 0.263. The zero-order chi connectivity index (χ0) is 30.5. The number of aryl methyl sites for hydroxylation is 2. The smallest absolute Gasteiger partial charge is 0.657 e. The molecule has 0 amide bonds. The second-order valence-corrected chi connectivity index (χ2v) is 10.8. The van der Waals surface area contributed by atoms with Crippen molar-refractivity contribution < 1.29 is 36.9 Å². The Hall–Kier alpha value is -4.20. The summed E-state index contributed by atoms with van der Waals surface area (Å²) in [6.07, 6.45) is 3.54. The first-order valence-corrected chi connectivity index (χ1v) is 14.2. The van der Waals surface area contributed by atoms with Crippen LogP contribution in [0.1, 0.15) is 102 Å². The van der Waals surface area contributed by atoms with Gasteiger partial charge in [0, 0.05) is 5.56 Å². The van der Waals surface area contributed by atoms with E-state index in [9.17, 15) is 19.8 Å². The van der Waals surface area contributed by atoms with Crippen molar-refractivity contribution in [3.05, 3.63) is 75.4 Å². The zero-order valence-corrected chi connectivity index (χ0v) is 26.1. The third kappa shape index (κ3) is 5.39. The number of nitrogens with zero attached hydrogens (tertiary/aromatic N) is 4. The van der Waals surface area contributed by atoms with Crippen LogP contribution in [0.25, 0.3) is 50.4 Å². The largest absolute Gasteiger partial charge is 2.00 e. The van der Waals surface area contributed by atoms with Gasteiger partial charge in [-0.3, -0.25) is 4.79 Å². The van der Waals surface area contributed by atoms with Gasteiger partial charge in [0.15, 0.2) is 0 Å². The third-order valence-corrected chi connectivity index (χ3v) is 8.27. The molecule has 0 atom stereocenters. The van der Waals surface area contributed by atoms with Crippen LogP contribution in [-0.4, -0.2) is 32.1 Å². The Labute approximate surface area is 261 Å². The molecule has 8 nitrogen and oxygen atoms in total. The number of hydrogen-bond acceptors (Lipinski definition) is 4. The normalized spacial score (nSPS) is 12.9. The summed E-state index contributed by atoms with van der Waals surface area (Å²) in [4.78, 5) is 44.5. The van der Waals surface area contributed by atoms with Gasteiger partial charge >= 0.3 is 29.0 Å². The molecule has 1 radical (unpaired) electrons. The Morgan fingerprint density at radius 1 is 0.860 bits per heavy atom. The number of carbonyl (C=O) groups is 2. The maximum absolute atomic E-state index is 12.6. The Balaban J connectivity index is 0.00000423. The number of carboxylic acid groups (broad SMARTS) is 2. The van der Waals surface area contributed by atoms with Crippen molar-refractivity contribution in [2.45, 2.75) is 67.2 Å². The molecular weight excluding hydrogens is 592 g/mol.